The maximum Gasteiger partial charge on any atom is 0.242 e. The molecule has 138 valence electrons. The summed E-state index contributed by atoms with van der Waals surface area (Å²) in [6.07, 6.45) is 0. The Balaban J connectivity index is 2.00. The molecule has 2 amide bonds. The molecular weight excluding hydrogens is 422 g/mol. The van der Waals surface area contributed by atoms with Crippen LogP contribution in [0.4, 0.5) is 11.4 Å². The summed E-state index contributed by atoms with van der Waals surface area (Å²) in [5.74, 6) is -0.698. The molecule has 0 radical (unpaired) electrons. The van der Waals surface area contributed by atoms with E-state index in [0.29, 0.717) is 11.4 Å². The van der Waals surface area contributed by atoms with E-state index in [2.05, 4.69) is 31.3 Å². The summed E-state index contributed by atoms with van der Waals surface area (Å²) in [5.41, 5.74) is 1.08. The van der Waals surface area contributed by atoms with Crippen LogP contribution in [0.3, 0.4) is 0 Å². The minimum Gasteiger partial charge on any atom is -0.326 e. The predicted octanol–water partition coefficient (Wildman–Crippen LogP) is 2.71. The van der Waals surface area contributed by atoms with Gasteiger partial charge in [0.05, 0.1) is 10.9 Å². The van der Waals surface area contributed by atoms with E-state index in [1.807, 2.05) is 0 Å². The normalized spacial score (nSPS) is 12.3. The standard InChI is InChI=1S/C17H18BrN3O4S/c1-11(21-26(24,25)16-9-3-13(18)4-10-16)17(23)20-15-7-5-14(6-8-15)19-12(2)22/h3-11,21H,1-2H3,(H,19,22)(H,20,23)/t11-/m0/s1. The number of hydrogen-bond acceptors (Lipinski definition) is 4. The third-order valence-electron chi connectivity index (χ3n) is 3.32. The third kappa shape index (κ3) is 5.65. The van der Waals surface area contributed by atoms with Gasteiger partial charge in [0.1, 0.15) is 0 Å². The summed E-state index contributed by atoms with van der Waals surface area (Å²) in [4.78, 5) is 23.3. The van der Waals surface area contributed by atoms with Gasteiger partial charge in [0, 0.05) is 22.8 Å². The highest BCUT2D eigenvalue weighted by atomic mass is 79.9. The van der Waals surface area contributed by atoms with E-state index in [9.17, 15) is 18.0 Å². The molecule has 2 aromatic rings. The summed E-state index contributed by atoms with van der Waals surface area (Å²) < 4.78 is 27.7. The molecule has 0 aromatic heterocycles. The average molecular weight is 440 g/mol. The Hall–Kier alpha value is -2.23. The van der Waals surface area contributed by atoms with Gasteiger partial charge in [-0.15, -0.1) is 0 Å². The second-order valence-corrected chi connectivity index (χ2v) is 8.17. The quantitative estimate of drug-likeness (QED) is 0.643. The second kappa shape index (κ2) is 8.43. The smallest absolute Gasteiger partial charge is 0.242 e. The van der Waals surface area contributed by atoms with E-state index in [1.165, 1.54) is 26.0 Å². The van der Waals surface area contributed by atoms with Crippen molar-refractivity contribution in [3.8, 4) is 0 Å². The number of halogens is 1. The Bertz CT molecular complexity index is 897. The second-order valence-electron chi connectivity index (χ2n) is 5.54. The lowest BCUT2D eigenvalue weighted by Crippen LogP contribution is -2.41. The molecule has 2 rings (SSSR count). The SMILES string of the molecule is CC(=O)Nc1ccc(NC(=O)[C@H](C)NS(=O)(=O)c2ccc(Br)cc2)cc1. The Kier molecular flexibility index (Phi) is 6.52. The zero-order valence-electron chi connectivity index (χ0n) is 14.1. The van der Waals surface area contributed by atoms with Crippen molar-refractivity contribution in [2.45, 2.75) is 24.8 Å². The Morgan fingerprint density at radius 3 is 1.92 bits per heavy atom. The lowest BCUT2D eigenvalue weighted by atomic mass is 10.2. The van der Waals surface area contributed by atoms with E-state index in [0.717, 1.165) is 4.47 Å². The van der Waals surface area contributed by atoms with Gasteiger partial charge in [0.2, 0.25) is 21.8 Å². The third-order valence-corrected chi connectivity index (χ3v) is 5.41. The van der Waals surface area contributed by atoms with E-state index in [4.69, 9.17) is 0 Å². The fourth-order valence-electron chi connectivity index (χ4n) is 2.06. The molecule has 1 atom stereocenters. The van der Waals surface area contributed by atoms with Crippen LogP contribution in [0.5, 0.6) is 0 Å². The van der Waals surface area contributed by atoms with Gasteiger partial charge in [-0.2, -0.15) is 4.72 Å². The number of carbonyl (C=O) groups excluding carboxylic acids is 2. The van der Waals surface area contributed by atoms with Crippen LogP contribution in [0.15, 0.2) is 57.9 Å². The number of anilines is 2. The molecule has 0 fully saturated rings. The first-order chi connectivity index (χ1) is 12.2. The largest absolute Gasteiger partial charge is 0.326 e. The van der Waals surface area contributed by atoms with Crippen LogP contribution >= 0.6 is 15.9 Å². The minimum absolute atomic E-state index is 0.0695. The molecule has 0 bridgehead atoms. The van der Waals surface area contributed by atoms with Crippen LogP contribution < -0.4 is 15.4 Å². The molecular formula is C17H18BrN3O4S. The average Bonchev–Trinajstić information content (AvgIpc) is 2.56. The van der Waals surface area contributed by atoms with Crippen molar-refractivity contribution < 1.29 is 18.0 Å². The van der Waals surface area contributed by atoms with Gasteiger partial charge in [-0.25, -0.2) is 8.42 Å². The van der Waals surface area contributed by atoms with Crippen LogP contribution in [0, 0.1) is 0 Å². The maximum atomic E-state index is 12.3. The molecule has 0 heterocycles. The highest BCUT2D eigenvalue weighted by Gasteiger charge is 2.22. The number of carbonyl (C=O) groups is 2. The molecule has 0 unspecified atom stereocenters. The summed E-state index contributed by atoms with van der Waals surface area (Å²) in [7, 11) is -3.81. The van der Waals surface area contributed by atoms with E-state index < -0.39 is 22.0 Å². The van der Waals surface area contributed by atoms with Crippen molar-refractivity contribution in [3.63, 3.8) is 0 Å². The first kappa shape index (κ1) is 20.1. The molecule has 2 aromatic carbocycles. The number of benzene rings is 2. The van der Waals surface area contributed by atoms with Gasteiger partial charge in [0.25, 0.3) is 0 Å². The van der Waals surface area contributed by atoms with Crippen LogP contribution in [-0.4, -0.2) is 26.3 Å². The first-order valence-corrected chi connectivity index (χ1v) is 9.91. The number of sulfonamides is 1. The molecule has 9 heteroatoms. The van der Waals surface area contributed by atoms with Crippen LogP contribution in [-0.2, 0) is 19.6 Å². The summed E-state index contributed by atoms with van der Waals surface area (Å²) in [6.45, 7) is 2.85. The van der Waals surface area contributed by atoms with Crippen LogP contribution in [0.25, 0.3) is 0 Å². The van der Waals surface area contributed by atoms with E-state index >= 15 is 0 Å². The van der Waals surface area contributed by atoms with Gasteiger partial charge in [-0.05, 0) is 55.5 Å². The Morgan fingerprint density at radius 1 is 0.923 bits per heavy atom. The highest BCUT2D eigenvalue weighted by molar-refractivity contribution is 9.10. The van der Waals surface area contributed by atoms with Crippen LogP contribution in [0.2, 0.25) is 0 Å². The Morgan fingerprint density at radius 2 is 1.42 bits per heavy atom. The highest BCUT2D eigenvalue weighted by Crippen LogP contribution is 2.16. The summed E-state index contributed by atoms with van der Waals surface area (Å²) in [6, 6.07) is 11.6. The van der Waals surface area contributed by atoms with Crippen molar-refractivity contribution in [2.75, 3.05) is 10.6 Å². The molecule has 0 aliphatic heterocycles. The lowest BCUT2D eigenvalue weighted by Gasteiger charge is -2.15. The molecule has 0 aliphatic carbocycles. The molecule has 3 N–H and O–H groups in total. The van der Waals surface area contributed by atoms with Gasteiger partial charge in [-0.3, -0.25) is 9.59 Å². The number of hydrogen-bond donors (Lipinski definition) is 3. The molecule has 0 aliphatic rings. The number of rotatable bonds is 6. The van der Waals surface area contributed by atoms with Crippen molar-refractivity contribution >= 4 is 49.1 Å². The van der Waals surface area contributed by atoms with E-state index in [1.54, 1.807) is 36.4 Å². The zero-order valence-corrected chi connectivity index (χ0v) is 16.5. The monoisotopic (exact) mass is 439 g/mol. The topological polar surface area (TPSA) is 104 Å². The fraction of sp³-hybridized carbons (Fsp3) is 0.176. The van der Waals surface area contributed by atoms with Crippen molar-refractivity contribution in [1.82, 2.24) is 4.72 Å². The van der Waals surface area contributed by atoms with E-state index in [-0.39, 0.29) is 10.8 Å². The van der Waals surface area contributed by atoms with Gasteiger partial charge in [0.15, 0.2) is 0 Å². The summed E-state index contributed by atoms with van der Waals surface area (Å²) >= 11 is 3.24. The van der Waals surface area contributed by atoms with Crippen molar-refractivity contribution in [1.29, 1.82) is 0 Å². The molecule has 7 nitrogen and oxygen atoms in total. The van der Waals surface area contributed by atoms with Gasteiger partial charge in [-0.1, -0.05) is 15.9 Å². The van der Waals surface area contributed by atoms with Gasteiger partial charge >= 0.3 is 0 Å². The van der Waals surface area contributed by atoms with Crippen LogP contribution in [0.1, 0.15) is 13.8 Å². The maximum absolute atomic E-state index is 12.3. The number of amides is 2. The van der Waals surface area contributed by atoms with Gasteiger partial charge < -0.3 is 10.6 Å². The molecule has 0 saturated heterocycles. The minimum atomic E-state index is -3.81. The van der Waals surface area contributed by atoms with Crippen molar-refractivity contribution in [3.05, 3.63) is 53.0 Å². The molecule has 26 heavy (non-hydrogen) atoms. The predicted molar refractivity (Wildman–Crippen MR) is 103 cm³/mol. The van der Waals surface area contributed by atoms with Crippen molar-refractivity contribution in [2.24, 2.45) is 0 Å². The summed E-state index contributed by atoms with van der Waals surface area (Å²) in [5, 5.41) is 5.23. The Labute approximate surface area is 160 Å². The molecule has 0 spiro atoms. The first-order valence-electron chi connectivity index (χ1n) is 7.64. The fourth-order valence-corrected chi connectivity index (χ4v) is 3.53. The zero-order chi connectivity index (χ0) is 19.3. The molecule has 0 saturated carbocycles. The lowest BCUT2D eigenvalue weighted by molar-refractivity contribution is -0.117. The number of nitrogens with one attached hydrogen (secondary N) is 3.